The highest BCUT2D eigenvalue weighted by atomic mass is 32.2. The van der Waals surface area contributed by atoms with Gasteiger partial charge in [0, 0.05) is 10.5 Å². The van der Waals surface area contributed by atoms with E-state index in [1.807, 2.05) is 18.2 Å². The van der Waals surface area contributed by atoms with Gasteiger partial charge in [0.05, 0.1) is 12.7 Å². The quantitative estimate of drug-likeness (QED) is 0.496. The van der Waals surface area contributed by atoms with Crippen molar-refractivity contribution in [2.24, 2.45) is 0 Å². The number of nitrogens with one attached hydrogen (secondary N) is 2. The molecule has 0 radical (unpaired) electrons. The number of carbonyl (C=O) groups excluding carboxylic acids is 2. The van der Waals surface area contributed by atoms with E-state index in [2.05, 4.69) is 20.4 Å². The molecule has 0 aliphatic carbocycles. The summed E-state index contributed by atoms with van der Waals surface area (Å²) >= 11 is 1.33. The number of benzene rings is 2. The van der Waals surface area contributed by atoms with Gasteiger partial charge in [-0.3, -0.25) is 10.1 Å². The fraction of sp³-hybridized carbons (Fsp3) is 0.105. The molecule has 2 N–H and O–H groups in total. The van der Waals surface area contributed by atoms with Gasteiger partial charge in [-0.1, -0.05) is 65.6 Å². The van der Waals surface area contributed by atoms with Crippen LogP contribution in [-0.2, 0) is 4.74 Å². The van der Waals surface area contributed by atoms with Gasteiger partial charge in [-0.25, -0.2) is 9.78 Å². The van der Waals surface area contributed by atoms with E-state index < -0.39 is 17.8 Å². The van der Waals surface area contributed by atoms with Crippen LogP contribution < -0.4 is 10.6 Å². The third kappa shape index (κ3) is 5.30. The second kappa shape index (κ2) is 9.48. The third-order valence-corrected chi connectivity index (χ3v) is 5.32. The Balaban J connectivity index is 1.94. The van der Waals surface area contributed by atoms with Crippen molar-refractivity contribution in [1.29, 1.82) is 0 Å². The van der Waals surface area contributed by atoms with Crippen molar-refractivity contribution in [3.63, 3.8) is 0 Å². The first-order chi connectivity index (χ1) is 14.0. The molecule has 0 bridgehead atoms. The van der Waals surface area contributed by atoms with Crippen LogP contribution >= 0.6 is 23.1 Å². The van der Waals surface area contributed by atoms with Crippen LogP contribution in [0.5, 0.6) is 0 Å². The second-order valence-electron chi connectivity index (χ2n) is 5.51. The summed E-state index contributed by atoms with van der Waals surface area (Å²) in [7, 11) is 1.22. The summed E-state index contributed by atoms with van der Waals surface area (Å²) in [6.45, 7) is 0. The number of alkyl halides is 2. The van der Waals surface area contributed by atoms with Gasteiger partial charge in [-0.2, -0.15) is 8.78 Å². The summed E-state index contributed by atoms with van der Waals surface area (Å²) in [5, 5.41) is 5.77. The van der Waals surface area contributed by atoms with Gasteiger partial charge in [0.25, 0.3) is 11.7 Å². The van der Waals surface area contributed by atoms with E-state index in [0.717, 1.165) is 11.3 Å². The van der Waals surface area contributed by atoms with Crippen LogP contribution in [0.3, 0.4) is 0 Å². The first-order valence-electron chi connectivity index (χ1n) is 8.24. The number of carbonyl (C=O) groups is 2. The van der Waals surface area contributed by atoms with Gasteiger partial charge in [0.15, 0.2) is 5.13 Å². The summed E-state index contributed by atoms with van der Waals surface area (Å²) in [5.74, 6) is -3.21. The number of anilines is 2. The largest absolute Gasteiger partial charge is 0.453 e. The maximum atomic E-state index is 12.8. The molecule has 0 spiro atoms. The molecule has 0 saturated carbocycles. The molecular weight excluding hydrogens is 420 g/mol. The average Bonchev–Trinajstić information content (AvgIpc) is 3.10. The van der Waals surface area contributed by atoms with Crippen molar-refractivity contribution in [1.82, 2.24) is 4.98 Å². The first-order valence-corrected chi connectivity index (χ1v) is 9.94. The van der Waals surface area contributed by atoms with Gasteiger partial charge in [-0.15, -0.1) is 0 Å². The van der Waals surface area contributed by atoms with Crippen LogP contribution in [-0.4, -0.2) is 29.9 Å². The molecule has 1 aromatic heterocycles. The Morgan fingerprint density at radius 2 is 1.76 bits per heavy atom. The normalized spacial score (nSPS) is 10.6. The molecule has 150 valence electrons. The van der Waals surface area contributed by atoms with Crippen molar-refractivity contribution in [3.8, 4) is 11.3 Å². The standard InChI is InChI=1S/C19H15F2N3O3S2/c1-27-19(26)24-18-22-14(11-7-3-2-4-8-11)16(29-18)23-15(25)12-9-5-6-10-13(12)28-17(20)21/h2-10,17H,1H3,(H,23,25)(H,22,24,26). The van der Waals surface area contributed by atoms with Crippen molar-refractivity contribution in [2.75, 3.05) is 17.7 Å². The number of nitrogens with zero attached hydrogens (tertiary/aromatic N) is 1. The monoisotopic (exact) mass is 435 g/mol. The highest BCUT2D eigenvalue weighted by Crippen LogP contribution is 2.37. The fourth-order valence-corrected chi connectivity index (χ4v) is 3.92. The number of thioether (sulfide) groups is 1. The molecule has 2 amide bonds. The number of thiazole rings is 1. The summed E-state index contributed by atoms with van der Waals surface area (Å²) in [4.78, 5) is 28.8. The minimum absolute atomic E-state index is 0.118. The average molecular weight is 435 g/mol. The number of ether oxygens (including phenoxy) is 1. The molecule has 3 aromatic rings. The minimum atomic E-state index is -2.65. The fourth-order valence-electron chi connectivity index (χ4n) is 2.41. The zero-order valence-electron chi connectivity index (χ0n) is 15.0. The molecule has 1 heterocycles. The number of methoxy groups -OCH3 is 1. The molecule has 2 aromatic carbocycles. The topological polar surface area (TPSA) is 80.3 Å². The predicted octanol–water partition coefficient (Wildman–Crippen LogP) is 5.56. The van der Waals surface area contributed by atoms with E-state index in [9.17, 15) is 18.4 Å². The van der Waals surface area contributed by atoms with Crippen LogP contribution in [0.15, 0.2) is 59.5 Å². The molecule has 0 fully saturated rings. The van der Waals surface area contributed by atoms with E-state index in [0.29, 0.717) is 28.0 Å². The van der Waals surface area contributed by atoms with Crippen LogP contribution in [0.1, 0.15) is 10.4 Å². The van der Waals surface area contributed by atoms with E-state index >= 15 is 0 Å². The highest BCUT2D eigenvalue weighted by molar-refractivity contribution is 7.99. The lowest BCUT2D eigenvalue weighted by molar-refractivity contribution is 0.102. The summed E-state index contributed by atoms with van der Waals surface area (Å²) < 4.78 is 30.2. The predicted molar refractivity (Wildman–Crippen MR) is 110 cm³/mol. The van der Waals surface area contributed by atoms with Gasteiger partial charge >= 0.3 is 6.09 Å². The zero-order chi connectivity index (χ0) is 20.8. The molecule has 10 heteroatoms. The second-order valence-corrected chi connectivity index (χ2v) is 7.54. The lowest BCUT2D eigenvalue weighted by Gasteiger charge is -2.09. The molecular formula is C19H15F2N3O3S2. The molecule has 29 heavy (non-hydrogen) atoms. The number of hydrogen-bond acceptors (Lipinski definition) is 6. The van der Waals surface area contributed by atoms with Crippen LogP contribution in [0, 0.1) is 0 Å². The highest BCUT2D eigenvalue weighted by Gasteiger charge is 2.20. The minimum Gasteiger partial charge on any atom is -0.453 e. The third-order valence-electron chi connectivity index (χ3n) is 3.64. The maximum absolute atomic E-state index is 12.8. The lowest BCUT2D eigenvalue weighted by atomic mass is 10.1. The Labute approximate surface area is 173 Å². The SMILES string of the molecule is COC(=O)Nc1nc(-c2ccccc2)c(NC(=O)c2ccccc2SC(F)F)s1. The Bertz CT molecular complexity index is 1010. The smallest absolute Gasteiger partial charge is 0.413 e. The van der Waals surface area contributed by atoms with Gasteiger partial charge < -0.3 is 10.1 Å². The molecule has 0 aliphatic heterocycles. The summed E-state index contributed by atoms with van der Waals surface area (Å²) in [6.07, 6.45) is -0.699. The Morgan fingerprint density at radius 3 is 2.45 bits per heavy atom. The van der Waals surface area contributed by atoms with Gasteiger partial charge in [0.2, 0.25) is 0 Å². The summed E-state index contributed by atoms with van der Waals surface area (Å²) in [5.41, 5.74) is 1.27. The molecule has 3 rings (SSSR count). The van der Waals surface area contributed by atoms with E-state index in [-0.39, 0.29) is 15.6 Å². The Kier molecular flexibility index (Phi) is 6.78. The van der Waals surface area contributed by atoms with Crippen LogP contribution in [0.4, 0.5) is 23.7 Å². The molecule has 0 aliphatic rings. The van der Waals surface area contributed by atoms with Crippen molar-refractivity contribution < 1.29 is 23.1 Å². The van der Waals surface area contributed by atoms with Crippen LogP contribution in [0.25, 0.3) is 11.3 Å². The molecule has 0 atom stereocenters. The number of aromatic nitrogens is 1. The van der Waals surface area contributed by atoms with Crippen LogP contribution in [0.2, 0.25) is 0 Å². The molecule has 0 unspecified atom stereocenters. The van der Waals surface area contributed by atoms with Crippen molar-refractivity contribution in [3.05, 3.63) is 60.2 Å². The first kappa shape index (κ1) is 20.7. The molecule has 0 saturated heterocycles. The Morgan fingerprint density at radius 1 is 1.07 bits per heavy atom. The number of rotatable bonds is 6. The number of hydrogen-bond donors (Lipinski definition) is 2. The van der Waals surface area contributed by atoms with E-state index in [4.69, 9.17) is 0 Å². The van der Waals surface area contributed by atoms with Crippen molar-refractivity contribution >= 4 is 45.2 Å². The lowest BCUT2D eigenvalue weighted by Crippen LogP contribution is -2.13. The Hall–Kier alpha value is -2.98. The van der Waals surface area contributed by atoms with E-state index in [1.165, 1.54) is 19.2 Å². The van der Waals surface area contributed by atoms with Gasteiger partial charge in [-0.05, 0) is 12.1 Å². The zero-order valence-corrected chi connectivity index (χ0v) is 16.7. The molecule has 6 nitrogen and oxygen atoms in total. The summed E-state index contributed by atoms with van der Waals surface area (Å²) in [6, 6.07) is 15.2. The number of halogens is 2. The van der Waals surface area contributed by atoms with Gasteiger partial charge in [0.1, 0.15) is 10.7 Å². The van der Waals surface area contributed by atoms with E-state index in [1.54, 1.807) is 24.3 Å². The number of amides is 2. The van der Waals surface area contributed by atoms with Crippen molar-refractivity contribution in [2.45, 2.75) is 10.7 Å². The maximum Gasteiger partial charge on any atom is 0.413 e.